The van der Waals surface area contributed by atoms with Gasteiger partial charge in [0.2, 0.25) is 0 Å². The van der Waals surface area contributed by atoms with Gasteiger partial charge in [0.1, 0.15) is 0 Å². The van der Waals surface area contributed by atoms with Crippen LogP contribution in [0.1, 0.15) is 31.2 Å². The number of nitrogens with two attached hydrogens (primary N) is 1. The maximum atomic E-state index is 6.13. The molecule has 0 spiro atoms. The summed E-state index contributed by atoms with van der Waals surface area (Å²) in [5.74, 6) is 0.755. The minimum Gasteiger partial charge on any atom is -0.322 e. The molecule has 2 atom stereocenters. The maximum absolute atomic E-state index is 6.13. The van der Waals surface area contributed by atoms with Crippen LogP contribution in [0.4, 0.5) is 0 Å². The molecule has 0 saturated heterocycles. The standard InChI is InChI=1S/C12H22N2S/c1-4-10(2)8-14(3)9-11(13)12-6-5-7-15-12/h5-7,10-11H,4,8-9,13H2,1-3H3. The van der Waals surface area contributed by atoms with Crippen LogP contribution in [-0.2, 0) is 0 Å². The molecule has 2 nitrogen and oxygen atoms in total. The van der Waals surface area contributed by atoms with Gasteiger partial charge in [-0.25, -0.2) is 0 Å². The lowest BCUT2D eigenvalue weighted by atomic mass is 10.1. The van der Waals surface area contributed by atoms with Gasteiger partial charge in [-0.05, 0) is 24.4 Å². The average molecular weight is 226 g/mol. The van der Waals surface area contributed by atoms with E-state index in [-0.39, 0.29) is 6.04 Å². The zero-order chi connectivity index (χ0) is 11.3. The topological polar surface area (TPSA) is 29.3 Å². The molecule has 0 fully saturated rings. The Morgan fingerprint density at radius 3 is 2.73 bits per heavy atom. The number of thiophene rings is 1. The number of likely N-dealkylation sites (N-methyl/N-ethyl adjacent to an activating group) is 1. The number of nitrogens with zero attached hydrogens (tertiary/aromatic N) is 1. The summed E-state index contributed by atoms with van der Waals surface area (Å²) in [6.07, 6.45) is 1.23. The van der Waals surface area contributed by atoms with E-state index < -0.39 is 0 Å². The second kappa shape index (κ2) is 6.26. The van der Waals surface area contributed by atoms with Crippen molar-refractivity contribution in [3.63, 3.8) is 0 Å². The van der Waals surface area contributed by atoms with E-state index in [0.29, 0.717) is 0 Å². The molecule has 15 heavy (non-hydrogen) atoms. The largest absolute Gasteiger partial charge is 0.322 e. The minimum atomic E-state index is 0.166. The molecule has 2 N–H and O–H groups in total. The van der Waals surface area contributed by atoms with Gasteiger partial charge in [0.05, 0.1) is 6.04 Å². The van der Waals surface area contributed by atoms with E-state index in [0.717, 1.165) is 19.0 Å². The summed E-state index contributed by atoms with van der Waals surface area (Å²) in [6, 6.07) is 4.35. The van der Waals surface area contributed by atoms with Crippen molar-refractivity contribution in [3.8, 4) is 0 Å². The SMILES string of the molecule is CCC(C)CN(C)CC(N)c1cccs1. The van der Waals surface area contributed by atoms with Gasteiger partial charge in [-0.3, -0.25) is 0 Å². The van der Waals surface area contributed by atoms with Gasteiger partial charge in [0, 0.05) is 18.0 Å². The van der Waals surface area contributed by atoms with Crippen LogP contribution in [-0.4, -0.2) is 25.0 Å². The van der Waals surface area contributed by atoms with Crippen molar-refractivity contribution in [1.82, 2.24) is 4.90 Å². The number of hydrogen-bond acceptors (Lipinski definition) is 3. The Labute approximate surface area is 97.1 Å². The first kappa shape index (κ1) is 12.7. The second-order valence-corrected chi connectivity index (χ2v) is 5.34. The molecule has 0 aliphatic rings. The van der Waals surface area contributed by atoms with E-state index in [4.69, 9.17) is 5.73 Å². The summed E-state index contributed by atoms with van der Waals surface area (Å²) in [5, 5.41) is 2.09. The van der Waals surface area contributed by atoms with E-state index >= 15 is 0 Å². The highest BCUT2D eigenvalue weighted by Gasteiger charge is 2.11. The first-order valence-corrected chi connectivity index (χ1v) is 6.49. The third-order valence-electron chi connectivity index (χ3n) is 2.74. The fourth-order valence-corrected chi connectivity index (χ4v) is 2.38. The summed E-state index contributed by atoms with van der Waals surface area (Å²) < 4.78 is 0. The average Bonchev–Trinajstić information content (AvgIpc) is 2.70. The Morgan fingerprint density at radius 2 is 2.20 bits per heavy atom. The minimum absolute atomic E-state index is 0.166. The van der Waals surface area contributed by atoms with Gasteiger partial charge in [-0.15, -0.1) is 11.3 Å². The first-order valence-electron chi connectivity index (χ1n) is 5.61. The van der Waals surface area contributed by atoms with Crippen molar-refractivity contribution < 1.29 is 0 Å². The molecule has 1 heterocycles. The van der Waals surface area contributed by atoms with E-state index in [1.807, 2.05) is 0 Å². The van der Waals surface area contributed by atoms with Gasteiger partial charge in [-0.1, -0.05) is 26.3 Å². The fraction of sp³-hybridized carbons (Fsp3) is 0.667. The molecule has 0 aromatic carbocycles. The van der Waals surface area contributed by atoms with Crippen LogP contribution in [0.5, 0.6) is 0 Å². The summed E-state index contributed by atoms with van der Waals surface area (Å²) >= 11 is 1.75. The summed E-state index contributed by atoms with van der Waals surface area (Å²) in [6.45, 7) is 6.60. The van der Waals surface area contributed by atoms with Crippen molar-refractivity contribution in [1.29, 1.82) is 0 Å². The highest BCUT2D eigenvalue weighted by atomic mass is 32.1. The lowest BCUT2D eigenvalue weighted by Crippen LogP contribution is -2.31. The fourth-order valence-electron chi connectivity index (χ4n) is 1.66. The van der Waals surface area contributed by atoms with Crippen molar-refractivity contribution in [2.75, 3.05) is 20.1 Å². The molecule has 0 bridgehead atoms. The second-order valence-electron chi connectivity index (χ2n) is 4.36. The molecule has 0 amide bonds. The van der Waals surface area contributed by atoms with E-state index in [1.54, 1.807) is 11.3 Å². The van der Waals surface area contributed by atoms with Crippen molar-refractivity contribution in [3.05, 3.63) is 22.4 Å². The third-order valence-corrected chi connectivity index (χ3v) is 3.74. The van der Waals surface area contributed by atoms with Crippen molar-refractivity contribution in [2.45, 2.75) is 26.3 Å². The molecule has 0 aliphatic heterocycles. The first-order chi connectivity index (χ1) is 7.13. The van der Waals surface area contributed by atoms with Crippen LogP contribution >= 0.6 is 11.3 Å². The van der Waals surface area contributed by atoms with Gasteiger partial charge in [0.25, 0.3) is 0 Å². The van der Waals surface area contributed by atoms with Crippen LogP contribution in [0.2, 0.25) is 0 Å². The quantitative estimate of drug-likeness (QED) is 0.808. The van der Waals surface area contributed by atoms with E-state index in [9.17, 15) is 0 Å². The van der Waals surface area contributed by atoms with Crippen molar-refractivity contribution in [2.24, 2.45) is 11.7 Å². The predicted octanol–water partition coefficient (Wildman–Crippen LogP) is 2.73. The molecule has 0 aliphatic carbocycles. The lowest BCUT2D eigenvalue weighted by molar-refractivity contribution is 0.268. The molecule has 0 radical (unpaired) electrons. The smallest absolute Gasteiger partial charge is 0.0518 e. The number of rotatable bonds is 6. The lowest BCUT2D eigenvalue weighted by Gasteiger charge is -2.23. The highest BCUT2D eigenvalue weighted by molar-refractivity contribution is 7.10. The highest BCUT2D eigenvalue weighted by Crippen LogP contribution is 2.17. The molecule has 3 heteroatoms. The van der Waals surface area contributed by atoms with E-state index in [2.05, 4.69) is 43.3 Å². The van der Waals surface area contributed by atoms with E-state index in [1.165, 1.54) is 11.3 Å². The predicted molar refractivity (Wildman–Crippen MR) is 68.2 cm³/mol. The maximum Gasteiger partial charge on any atom is 0.0518 e. The van der Waals surface area contributed by atoms with Gasteiger partial charge < -0.3 is 10.6 Å². The Kier molecular flexibility index (Phi) is 5.29. The zero-order valence-electron chi connectivity index (χ0n) is 9.94. The third kappa shape index (κ3) is 4.33. The van der Waals surface area contributed by atoms with Crippen molar-refractivity contribution >= 4 is 11.3 Å². The molecular weight excluding hydrogens is 204 g/mol. The van der Waals surface area contributed by atoms with Gasteiger partial charge >= 0.3 is 0 Å². The van der Waals surface area contributed by atoms with Gasteiger partial charge in [0.15, 0.2) is 0 Å². The molecule has 1 aromatic heterocycles. The monoisotopic (exact) mass is 226 g/mol. The number of hydrogen-bond donors (Lipinski definition) is 1. The Bertz CT molecular complexity index is 259. The van der Waals surface area contributed by atoms with Gasteiger partial charge in [-0.2, -0.15) is 0 Å². The van der Waals surface area contributed by atoms with Crippen LogP contribution in [0, 0.1) is 5.92 Å². The molecule has 1 aromatic rings. The van der Waals surface area contributed by atoms with Crippen LogP contribution in [0.25, 0.3) is 0 Å². The molecular formula is C12H22N2S. The zero-order valence-corrected chi connectivity index (χ0v) is 10.8. The molecule has 2 unspecified atom stereocenters. The Hall–Kier alpha value is -0.380. The summed E-state index contributed by atoms with van der Waals surface area (Å²) in [5.41, 5.74) is 6.13. The Morgan fingerprint density at radius 1 is 1.47 bits per heavy atom. The molecule has 1 rings (SSSR count). The molecule has 0 saturated carbocycles. The Balaban J connectivity index is 2.34. The van der Waals surface area contributed by atoms with Crippen LogP contribution in [0.3, 0.4) is 0 Å². The van der Waals surface area contributed by atoms with Crippen LogP contribution < -0.4 is 5.73 Å². The summed E-state index contributed by atoms with van der Waals surface area (Å²) in [4.78, 5) is 3.62. The normalized spacial score (nSPS) is 15.5. The van der Waals surface area contributed by atoms with Crippen LogP contribution in [0.15, 0.2) is 17.5 Å². The molecule has 86 valence electrons. The summed E-state index contributed by atoms with van der Waals surface area (Å²) in [7, 11) is 2.15.